The summed E-state index contributed by atoms with van der Waals surface area (Å²) in [4.78, 5) is 11.8. The van der Waals surface area contributed by atoms with Crippen molar-refractivity contribution in [3.8, 4) is 0 Å². The van der Waals surface area contributed by atoms with Gasteiger partial charge >= 0.3 is 6.03 Å². The smallest absolute Gasteiger partial charge is 0.323 e. The van der Waals surface area contributed by atoms with Gasteiger partial charge in [-0.05, 0) is 43.9 Å². The van der Waals surface area contributed by atoms with Crippen LogP contribution in [-0.2, 0) is 0 Å². The molecule has 4 N–H and O–H groups in total. The summed E-state index contributed by atoms with van der Waals surface area (Å²) in [7, 11) is 0. The SMILES string of the molecule is C/C(=C\NC(=O)Nc1ccc(N)c(Cl)c1)C1CCCC1. The summed E-state index contributed by atoms with van der Waals surface area (Å²) < 4.78 is 0. The van der Waals surface area contributed by atoms with E-state index in [0.29, 0.717) is 22.3 Å². The second kappa shape index (κ2) is 6.66. The summed E-state index contributed by atoms with van der Waals surface area (Å²) in [5.74, 6) is 0.612. The van der Waals surface area contributed by atoms with Crippen LogP contribution < -0.4 is 16.4 Å². The Balaban J connectivity index is 1.88. The number of hydrogen-bond donors (Lipinski definition) is 3. The number of allylic oxidation sites excluding steroid dienone is 1. The van der Waals surface area contributed by atoms with Gasteiger partial charge in [0.05, 0.1) is 10.7 Å². The van der Waals surface area contributed by atoms with Gasteiger partial charge in [0.15, 0.2) is 0 Å². The van der Waals surface area contributed by atoms with E-state index in [0.717, 1.165) is 0 Å². The van der Waals surface area contributed by atoms with Gasteiger partial charge < -0.3 is 16.4 Å². The number of halogens is 1. The van der Waals surface area contributed by atoms with Crippen molar-refractivity contribution in [2.45, 2.75) is 32.6 Å². The summed E-state index contributed by atoms with van der Waals surface area (Å²) >= 11 is 5.90. The molecule has 1 aliphatic carbocycles. The molecule has 0 heterocycles. The molecule has 1 fully saturated rings. The lowest BCUT2D eigenvalue weighted by molar-refractivity contribution is 0.255. The average molecular weight is 294 g/mol. The second-order valence-electron chi connectivity index (χ2n) is 5.20. The van der Waals surface area contributed by atoms with Gasteiger partial charge in [0, 0.05) is 11.9 Å². The molecule has 20 heavy (non-hydrogen) atoms. The van der Waals surface area contributed by atoms with Gasteiger partial charge in [-0.2, -0.15) is 0 Å². The molecule has 0 spiro atoms. The summed E-state index contributed by atoms with van der Waals surface area (Å²) in [5, 5.41) is 5.91. The van der Waals surface area contributed by atoms with Crippen LogP contribution in [0.2, 0.25) is 5.02 Å². The highest BCUT2D eigenvalue weighted by Gasteiger charge is 2.16. The Morgan fingerprint density at radius 2 is 2.10 bits per heavy atom. The number of rotatable bonds is 3. The van der Waals surface area contributed by atoms with E-state index < -0.39 is 0 Å². The maximum absolute atomic E-state index is 11.8. The lowest BCUT2D eigenvalue weighted by Crippen LogP contribution is -2.24. The van der Waals surface area contributed by atoms with Crippen molar-refractivity contribution < 1.29 is 4.79 Å². The Morgan fingerprint density at radius 3 is 2.75 bits per heavy atom. The van der Waals surface area contributed by atoms with Crippen LogP contribution in [-0.4, -0.2) is 6.03 Å². The van der Waals surface area contributed by atoms with Crippen molar-refractivity contribution >= 4 is 29.0 Å². The fourth-order valence-electron chi connectivity index (χ4n) is 2.45. The highest BCUT2D eigenvalue weighted by molar-refractivity contribution is 6.33. The average Bonchev–Trinajstić information content (AvgIpc) is 2.94. The molecule has 5 heteroatoms. The zero-order valence-electron chi connectivity index (χ0n) is 11.6. The first-order chi connectivity index (χ1) is 9.56. The molecule has 1 aliphatic rings. The first-order valence-corrected chi connectivity index (χ1v) is 7.23. The molecule has 0 radical (unpaired) electrons. The molecular weight excluding hydrogens is 274 g/mol. The number of nitrogens with two attached hydrogens (primary N) is 1. The monoisotopic (exact) mass is 293 g/mol. The molecule has 0 aromatic heterocycles. The number of nitrogens with one attached hydrogen (secondary N) is 2. The van der Waals surface area contributed by atoms with Gasteiger partial charge in [-0.3, -0.25) is 0 Å². The molecule has 0 saturated heterocycles. The number of anilines is 2. The van der Waals surface area contributed by atoms with E-state index in [-0.39, 0.29) is 6.03 Å². The molecule has 0 aliphatic heterocycles. The Bertz CT molecular complexity index is 522. The van der Waals surface area contributed by atoms with Crippen molar-refractivity contribution in [2.75, 3.05) is 11.1 Å². The predicted molar refractivity (Wildman–Crippen MR) is 83.7 cm³/mol. The maximum atomic E-state index is 11.8. The summed E-state index contributed by atoms with van der Waals surface area (Å²) in [6, 6.07) is 4.74. The number of carbonyl (C=O) groups excluding carboxylic acids is 1. The fraction of sp³-hybridized carbons (Fsp3) is 0.400. The Labute approximate surface area is 124 Å². The zero-order chi connectivity index (χ0) is 14.5. The van der Waals surface area contributed by atoms with Gasteiger partial charge in [0.2, 0.25) is 0 Å². The summed E-state index contributed by atoms with van der Waals surface area (Å²) in [6.45, 7) is 2.07. The van der Waals surface area contributed by atoms with E-state index in [1.807, 2.05) is 0 Å². The largest absolute Gasteiger partial charge is 0.398 e. The van der Waals surface area contributed by atoms with Crippen molar-refractivity contribution in [1.82, 2.24) is 5.32 Å². The fourth-order valence-corrected chi connectivity index (χ4v) is 2.63. The third-order valence-corrected chi connectivity index (χ3v) is 4.02. The van der Waals surface area contributed by atoms with Crippen molar-refractivity contribution in [3.05, 3.63) is 35.0 Å². The van der Waals surface area contributed by atoms with Crippen LogP contribution in [0.25, 0.3) is 0 Å². The van der Waals surface area contributed by atoms with E-state index in [9.17, 15) is 4.79 Å². The first kappa shape index (κ1) is 14.7. The maximum Gasteiger partial charge on any atom is 0.323 e. The van der Waals surface area contributed by atoms with E-state index in [2.05, 4.69) is 17.6 Å². The van der Waals surface area contributed by atoms with Gasteiger partial charge in [0.25, 0.3) is 0 Å². The number of amides is 2. The normalized spacial score (nSPS) is 16.2. The molecule has 2 amide bonds. The van der Waals surface area contributed by atoms with Crippen LogP contribution in [0.1, 0.15) is 32.6 Å². The quantitative estimate of drug-likeness (QED) is 0.733. The minimum Gasteiger partial charge on any atom is -0.398 e. The van der Waals surface area contributed by atoms with Crippen LogP contribution in [0.15, 0.2) is 30.0 Å². The molecule has 108 valence electrons. The number of urea groups is 1. The number of hydrogen-bond acceptors (Lipinski definition) is 2. The van der Waals surface area contributed by atoms with E-state index >= 15 is 0 Å². The molecule has 1 aromatic rings. The van der Waals surface area contributed by atoms with Crippen molar-refractivity contribution in [3.63, 3.8) is 0 Å². The van der Waals surface area contributed by atoms with E-state index in [4.69, 9.17) is 17.3 Å². The lowest BCUT2D eigenvalue weighted by Gasteiger charge is -2.11. The predicted octanol–water partition coefficient (Wildman–Crippen LogP) is 4.14. The third-order valence-electron chi connectivity index (χ3n) is 3.69. The topological polar surface area (TPSA) is 67.2 Å². The van der Waals surface area contributed by atoms with Crippen molar-refractivity contribution in [1.29, 1.82) is 0 Å². The Hall–Kier alpha value is -1.68. The van der Waals surface area contributed by atoms with Crippen LogP contribution in [0.4, 0.5) is 16.2 Å². The summed E-state index contributed by atoms with van der Waals surface area (Å²) in [5.41, 5.74) is 7.96. The minimum atomic E-state index is -0.275. The number of nitrogen functional groups attached to an aromatic ring is 1. The molecule has 0 unspecified atom stereocenters. The summed E-state index contributed by atoms with van der Waals surface area (Å²) in [6.07, 6.45) is 6.81. The lowest BCUT2D eigenvalue weighted by atomic mass is 10.0. The van der Waals surface area contributed by atoms with Crippen LogP contribution in [0, 0.1) is 5.92 Å². The van der Waals surface area contributed by atoms with Gasteiger partial charge in [-0.1, -0.05) is 30.0 Å². The second-order valence-corrected chi connectivity index (χ2v) is 5.61. The highest BCUT2D eigenvalue weighted by Crippen LogP contribution is 2.30. The number of benzene rings is 1. The zero-order valence-corrected chi connectivity index (χ0v) is 12.3. The van der Waals surface area contributed by atoms with Crippen LogP contribution >= 0.6 is 11.6 Å². The molecule has 1 saturated carbocycles. The first-order valence-electron chi connectivity index (χ1n) is 6.85. The molecule has 0 atom stereocenters. The van der Waals surface area contributed by atoms with E-state index in [1.165, 1.54) is 31.3 Å². The molecular formula is C15H20ClN3O. The van der Waals surface area contributed by atoms with Crippen molar-refractivity contribution in [2.24, 2.45) is 5.92 Å². The number of carbonyl (C=O) groups is 1. The standard InChI is InChI=1S/C15H20ClN3O/c1-10(11-4-2-3-5-11)9-18-15(20)19-12-6-7-14(17)13(16)8-12/h6-9,11H,2-5,17H2,1H3,(H2,18,19,20)/b10-9+. The highest BCUT2D eigenvalue weighted by atomic mass is 35.5. The molecule has 2 rings (SSSR count). The van der Waals surface area contributed by atoms with Gasteiger partial charge in [-0.15, -0.1) is 0 Å². The van der Waals surface area contributed by atoms with Gasteiger partial charge in [0.1, 0.15) is 0 Å². The minimum absolute atomic E-state index is 0.275. The Morgan fingerprint density at radius 1 is 1.40 bits per heavy atom. The Kier molecular flexibility index (Phi) is 4.90. The molecule has 4 nitrogen and oxygen atoms in total. The molecule has 1 aromatic carbocycles. The van der Waals surface area contributed by atoms with Gasteiger partial charge in [-0.25, -0.2) is 4.79 Å². The van der Waals surface area contributed by atoms with Crippen LogP contribution in [0.3, 0.4) is 0 Å². The third kappa shape index (κ3) is 3.90. The molecule has 0 bridgehead atoms. The van der Waals surface area contributed by atoms with Crippen LogP contribution in [0.5, 0.6) is 0 Å². The van der Waals surface area contributed by atoms with E-state index in [1.54, 1.807) is 24.4 Å².